The van der Waals surface area contributed by atoms with Gasteiger partial charge in [0.1, 0.15) is 11.6 Å². The van der Waals surface area contributed by atoms with Gasteiger partial charge in [0.25, 0.3) is 5.91 Å². The number of carbonyl (C=O) groups excluding carboxylic acids is 1. The first kappa shape index (κ1) is 15.1. The van der Waals surface area contributed by atoms with Crippen molar-refractivity contribution in [3.8, 4) is 0 Å². The predicted molar refractivity (Wildman–Crippen MR) is 75.8 cm³/mol. The zero-order valence-electron chi connectivity index (χ0n) is 12.1. The minimum Gasteiger partial charge on any atom is -0.343 e. The molecule has 1 aromatic heterocycles. The van der Waals surface area contributed by atoms with Crippen molar-refractivity contribution in [1.82, 2.24) is 10.3 Å². The van der Waals surface area contributed by atoms with Crippen LogP contribution in [0.4, 0.5) is 8.78 Å². The molecule has 1 heterocycles. The monoisotopic (exact) mass is 290 g/mol. The quantitative estimate of drug-likeness (QED) is 0.942. The average molecular weight is 290 g/mol. The molecular weight excluding hydrogens is 274 g/mol. The Morgan fingerprint density at radius 1 is 1.24 bits per heavy atom. The van der Waals surface area contributed by atoms with Gasteiger partial charge in [-0.15, -0.1) is 0 Å². The van der Waals surface area contributed by atoms with E-state index in [0.29, 0.717) is 5.56 Å². The van der Waals surface area contributed by atoms with Crippen LogP contribution in [-0.4, -0.2) is 10.9 Å². The lowest BCUT2D eigenvalue weighted by Crippen LogP contribution is -2.42. The number of benzene rings is 1. The Bertz CT molecular complexity index is 684. The fourth-order valence-corrected chi connectivity index (χ4v) is 2.12. The van der Waals surface area contributed by atoms with Crippen molar-refractivity contribution >= 4 is 5.91 Å². The van der Waals surface area contributed by atoms with E-state index in [0.717, 1.165) is 11.6 Å². The van der Waals surface area contributed by atoms with Gasteiger partial charge in [0, 0.05) is 24.0 Å². The lowest BCUT2D eigenvalue weighted by atomic mass is 9.93. The second kappa shape index (κ2) is 5.60. The topological polar surface area (TPSA) is 42.0 Å². The maximum atomic E-state index is 13.9. The molecule has 0 spiro atoms. The lowest BCUT2D eigenvalue weighted by Gasteiger charge is -2.27. The van der Waals surface area contributed by atoms with Crippen LogP contribution in [-0.2, 0) is 5.54 Å². The number of hydrogen-bond donors (Lipinski definition) is 1. The summed E-state index contributed by atoms with van der Waals surface area (Å²) >= 11 is 0. The van der Waals surface area contributed by atoms with Gasteiger partial charge in [-0.2, -0.15) is 0 Å². The highest BCUT2D eigenvalue weighted by Crippen LogP contribution is 2.24. The summed E-state index contributed by atoms with van der Waals surface area (Å²) < 4.78 is 26.9. The zero-order valence-corrected chi connectivity index (χ0v) is 12.1. The first-order valence-electron chi connectivity index (χ1n) is 6.50. The summed E-state index contributed by atoms with van der Waals surface area (Å²) in [5, 5.41) is 2.75. The molecule has 0 aliphatic heterocycles. The van der Waals surface area contributed by atoms with Crippen LogP contribution in [0.3, 0.4) is 0 Å². The van der Waals surface area contributed by atoms with Crippen LogP contribution in [0.5, 0.6) is 0 Å². The van der Waals surface area contributed by atoms with Crippen LogP contribution in [0, 0.1) is 18.6 Å². The first-order chi connectivity index (χ1) is 9.81. The molecule has 21 heavy (non-hydrogen) atoms. The summed E-state index contributed by atoms with van der Waals surface area (Å²) in [6.07, 6.45) is 3.05. The number of nitrogens with zero attached hydrogens (tertiary/aromatic N) is 1. The van der Waals surface area contributed by atoms with E-state index >= 15 is 0 Å². The molecule has 3 nitrogen and oxygen atoms in total. The average Bonchev–Trinajstić information content (AvgIpc) is 2.37. The molecule has 2 aromatic rings. The molecule has 5 heteroatoms. The van der Waals surface area contributed by atoms with Crippen molar-refractivity contribution in [2.24, 2.45) is 0 Å². The van der Waals surface area contributed by atoms with Gasteiger partial charge in [-0.1, -0.05) is 6.07 Å². The molecule has 0 saturated carbocycles. The van der Waals surface area contributed by atoms with Gasteiger partial charge in [0.2, 0.25) is 0 Å². The predicted octanol–water partition coefficient (Wildman–Crippen LogP) is 3.33. The van der Waals surface area contributed by atoms with Crippen molar-refractivity contribution in [3.05, 3.63) is 65.0 Å². The van der Waals surface area contributed by atoms with E-state index in [1.54, 1.807) is 33.0 Å². The third kappa shape index (κ3) is 3.24. The lowest BCUT2D eigenvalue weighted by molar-refractivity contribution is 0.0910. The standard InChI is InChI=1S/C16H16F2N2O/c1-10-6-7-19-9-12(10)15(21)20-16(2,3)13-5-4-11(17)8-14(13)18/h4-9H,1-3H3,(H,20,21). The number of nitrogens with one attached hydrogen (secondary N) is 1. The smallest absolute Gasteiger partial charge is 0.253 e. The van der Waals surface area contributed by atoms with Crippen molar-refractivity contribution < 1.29 is 13.6 Å². The summed E-state index contributed by atoms with van der Waals surface area (Å²) in [6.45, 7) is 5.11. The number of halogens is 2. The van der Waals surface area contributed by atoms with Gasteiger partial charge in [-0.05, 0) is 38.5 Å². The third-order valence-corrected chi connectivity index (χ3v) is 3.31. The molecule has 1 aromatic carbocycles. The van der Waals surface area contributed by atoms with E-state index in [1.165, 1.54) is 18.3 Å². The van der Waals surface area contributed by atoms with Crippen molar-refractivity contribution in [2.75, 3.05) is 0 Å². The Morgan fingerprint density at radius 2 is 1.95 bits per heavy atom. The first-order valence-corrected chi connectivity index (χ1v) is 6.50. The SMILES string of the molecule is Cc1ccncc1C(=O)NC(C)(C)c1ccc(F)cc1F. The van der Waals surface area contributed by atoms with Gasteiger partial charge >= 0.3 is 0 Å². The van der Waals surface area contributed by atoms with E-state index in [2.05, 4.69) is 10.3 Å². The van der Waals surface area contributed by atoms with Gasteiger partial charge < -0.3 is 5.32 Å². The second-order valence-corrected chi connectivity index (χ2v) is 5.39. The Kier molecular flexibility index (Phi) is 4.02. The number of pyridine rings is 1. The van der Waals surface area contributed by atoms with Gasteiger partial charge in [-0.25, -0.2) is 8.78 Å². The molecule has 2 rings (SSSR count). The Labute approximate surface area is 122 Å². The molecule has 1 N–H and O–H groups in total. The van der Waals surface area contributed by atoms with Crippen LogP contribution in [0.25, 0.3) is 0 Å². The second-order valence-electron chi connectivity index (χ2n) is 5.39. The summed E-state index contributed by atoms with van der Waals surface area (Å²) in [7, 11) is 0. The molecule has 0 radical (unpaired) electrons. The Hall–Kier alpha value is -2.30. The van der Waals surface area contributed by atoms with Gasteiger partial charge in [0.15, 0.2) is 0 Å². The number of hydrogen-bond acceptors (Lipinski definition) is 2. The minimum atomic E-state index is -0.975. The zero-order chi connectivity index (χ0) is 15.6. The number of amides is 1. The third-order valence-electron chi connectivity index (χ3n) is 3.31. The van der Waals surface area contributed by atoms with Crippen LogP contribution < -0.4 is 5.32 Å². The van der Waals surface area contributed by atoms with E-state index < -0.39 is 17.2 Å². The summed E-state index contributed by atoms with van der Waals surface area (Å²) in [5.74, 6) is -1.70. The molecule has 0 aliphatic carbocycles. The van der Waals surface area contributed by atoms with E-state index in [9.17, 15) is 13.6 Å². The van der Waals surface area contributed by atoms with Crippen molar-refractivity contribution in [1.29, 1.82) is 0 Å². The van der Waals surface area contributed by atoms with Crippen LogP contribution >= 0.6 is 0 Å². The molecule has 0 aliphatic rings. The number of carbonyl (C=O) groups is 1. The van der Waals surface area contributed by atoms with Crippen LogP contribution in [0.2, 0.25) is 0 Å². The highest BCUT2D eigenvalue weighted by molar-refractivity contribution is 5.95. The van der Waals surface area contributed by atoms with Crippen molar-refractivity contribution in [2.45, 2.75) is 26.3 Å². The molecule has 0 saturated heterocycles. The molecule has 0 bridgehead atoms. The molecular formula is C16H16F2N2O. The molecule has 0 atom stereocenters. The summed E-state index contributed by atoms with van der Waals surface area (Å²) in [6, 6.07) is 5.03. The van der Waals surface area contributed by atoms with E-state index in [1.807, 2.05) is 0 Å². The fraction of sp³-hybridized carbons (Fsp3) is 0.250. The maximum Gasteiger partial charge on any atom is 0.253 e. The van der Waals surface area contributed by atoms with Gasteiger partial charge in [0.05, 0.1) is 11.1 Å². The van der Waals surface area contributed by atoms with Gasteiger partial charge in [-0.3, -0.25) is 9.78 Å². The molecule has 110 valence electrons. The number of rotatable bonds is 3. The molecule has 0 unspecified atom stereocenters. The molecule has 0 fully saturated rings. The Balaban J connectivity index is 2.29. The van der Waals surface area contributed by atoms with Crippen molar-refractivity contribution in [3.63, 3.8) is 0 Å². The highest BCUT2D eigenvalue weighted by Gasteiger charge is 2.27. The van der Waals surface area contributed by atoms with Crippen LogP contribution in [0.1, 0.15) is 35.3 Å². The maximum absolute atomic E-state index is 13.9. The van der Waals surface area contributed by atoms with Crippen LogP contribution in [0.15, 0.2) is 36.7 Å². The summed E-state index contributed by atoms with van der Waals surface area (Å²) in [4.78, 5) is 16.2. The highest BCUT2D eigenvalue weighted by atomic mass is 19.1. The largest absolute Gasteiger partial charge is 0.343 e. The fourth-order valence-electron chi connectivity index (χ4n) is 2.12. The number of aromatic nitrogens is 1. The minimum absolute atomic E-state index is 0.221. The van der Waals surface area contributed by atoms with E-state index in [-0.39, 0.29) is 11.5 Å². The molecule has 1 amide bonds. The summed E-state index contributed by atoms with van der Waals surface area (Å²) in [5.41, 5.74) is 0.446. The Morgan fingerprint density at radius 3 is 2.57 bits per heavy atom. The van der Waals surface area contributed by atoms with E-state index in [4.69, 9.17) is 0 Å². The number of aryl methyl sites for hydroxylation is 1. The normalized spacial score (nSPS) is 11.3.